The molecule has 16 heavy (non-hydrogen) atoms. The van der Waals surface area contributed by atoms with Crippen molar-refractivity contribution in [2.75, 3.05) is 19.8 Å². The first kappa shape index (κ1) is 14.8. The number of hydrogen-bond acceptors (Lipinski definition) is 6. The molecule has 0 aliphatic heterocycles. The summed E-state index contributed by atoms with van der Waals surface area (Å²) in [6.45, 7) is 4.11. The summed E-state index contributed by atoms with van der Waals surface area (Å²) >= 11 is 0. The van der Waals surface area contributed by atoms with Crippen LogP contribution in [0, 0.1) is 11.3 Å². The third-order valence-corrected chi connectivity index (χ3v) is 2.34. The smallest absolute Gasteiger partial charge is 0.459 e. The number of carbonyl (C=O) groups excluding carboxylic acids is 1. The van der Waals surface area contributed by atoms with E-state index < -0.39 is 13.8 Å². The average molecular weight is 249 g/mol. The molecule has 0 radical (unpaired) electrons. The number of phosphoric ester groups is 1. The number of nitrogens with zero attached hydrogens (tertiary/aromatic N) is 1. The third kappa shape index (κ3) is 6.32. The molecule has 0 saturated carbocycles. The molecule has 0 rings (SSSR count). The standard InChI is InChI=1S/C8H12NO6P/c1-3-14-16(11,12)15-5-4-13-8(10)7(2)6-9/h2-5H2,1H3,(H,11,12). The van der Waals surface area contributed by atoms with Gasteiger partial charge in [0, 0.05) is 0 Å². The van der Waals surface area contributed by atoms with Crippen molar-refractivity contribution >= 4 is 13.8 Å². The van der Waals surface area contributed by atoms with Gasteiger partial charge in [0.15, 0.2) is 0 Å². The highest BCUT2D eigenvalue weighted by molar-refractivity contribution is 7.47. The van der Waals surface area contributed by atoms with Crippen molar-refractivity contribution in [2.45, 2.75) is 6.92 Å². The zero-order valence-electron chi connectivity index (χ0n) is 8.71. The molecule has 0 fully saturated rings. The van der Waals surface area contributed by atoms with Crippen LogP contribution in [0.3, 0.4) is 0 Å². The van der Waals surface area contributed by atoms with E-state index >= 15 is 0 Å². The molecule has 7 nitrogen and oxygen atoms in total. The summed E-state index contributed by atoms with van der Waals surface area (Å²) in [4.78, 5) is 19.8. The van der Waals surface area contributed by atoms with Gasteiger partial charge in [-0.05, 0) is 6.92 Å². The van der Waals surface area contributed by atoms with Crippen molar-refractivity contribution in [3.05, 3.63) is 12.2 Å². The van der Waals surface area contributed by atoms with Crippen LogP contribution < -0.4 is 0 Å². The highest BCUT2D eigenvalue weighted by Crippen LogP contribution is 2.42. The molecule has 1 unspecified atom stereocenters. The Morgan fingerprint density at radius 3 is 2.62 bits per heavy atom. The molecule has 1 N–H and O–H groups in total. The van der Waals surface area contributed by atoms with Crippen LogP contribution in [0.4, 0.5) is 0 Å². The van der Waals surface area contributed by atoms with E-state index in [0.29, 0.717) is 0 Å². The fourth-order valence-electron chi connectivity index (χ4n) is 0.620. The topological polar surface area (TPSA) is 106 Å². The quantitative estimate of drug-likeness (QED) is 0.233. The van der Waals surface area contributed by atoms with Crippen LogP contribution in [0.25, 0.3) is 0 Å². The molecule has 90 valence electrons. The number of carbonyl (C=O) groups is 1. The summed E-state index contributed by atoms with van der Waals surface area (Å²) in [6.07, 6.45) is 0. The van der Waals surface area contributed by atoms with Crippen molar-refractivity contribution in [2.24, 2.45) is 0 Å². The largest absolute Gasteiger partial charge is 0.472 e. The van der Waals surface area contributed by atoms with Crippen LogP contribution in [-0.2, 0) is 23.1 Å². The van der Waals surface area contributed by atoms with Crippen molar-refractivity contribution in [3.63, 3.8) is 0 Å². The minimum absolute atomic E-state index is 0.0266. The molecule has 0 spiro atoms. The van der Waals surface area contributed by atoms with Gasteiger partial charge in [0.25, 0.3) is 0 Å². The monoisotopic (exact) mass is 249 g/mol. The summed E-state index contributed by atoms with van der Waals surface area (Å²) in [7, 11) is -4.06. The first-order chi connectivity index (χ1) is 7.43. The van der Waals surface area contributed by atoms with Gasteiger partial charge in [-0.25, -0.2) is 9.36 Å². The van der Waals surface area contributed by atoms with E-state index in [1.54, 1.807) is 0 Å². The van der Waals surface area contributed by atoms with Gasteiger partial charge in [0.1, 0.15) is 18.2 Å². The summed E-state index contributed by atoms with van der Waals surface area (Å²) in [5.41, 5.74) is -0.350. The second kappa shape index (κ2) is 7.14. The molecule has 0 aromatic rings. The molecule has 0 aliphatic carbocycles. The van der Waals surface area contributed by atoms with Crippen molar-refractivity contribution in [1.29, 1.82) is 5.26 Å². The summed E-state index contributed by atoms with van der Waals surface area (Å²) in [5, 5.41) is 8.27. The van der Waals surface area contributed by atoms with Crippen LogP contribution in [0.2, 0.25) is 0 Å². The van der Waals surface area contributed by atoms with E-state index in [9.17, 15) is 9.36 Å². The molecular formula is C8H12NO6P. The first-order valence-electron chi connectivity index (χ1n) is 4.31. The lowest BCUT2D eigenvalue weighted by Crippen LogP contribution is -2.11. The first-order valence-corrected chi connectivity index (χ1v) is 5.80. The molecule has 0 bridgehead atoms. The van der Waals surface area contributed by atoms with Gasteiger partial charge in [0.2, 0.25) is 0 Å². The van der Waals surface area contributed by atoms with Gasteiger partial charge in [-0.2, -0.15) is 5.26 Å². The number of nitriles is 1. The molecule has 0 saturated heterocycles. The molecule has 8 heteroatoms. The second-order valence-electron chi connectivity index (χ2n) is 2.45. The average Bonchev–Trinajstić information content (AvgIpc) is 2.22. The lowest BCUT2D eigenvalue weighted by molar-refractivity contribution is -0.139. The number of ether oxygens (including phenoxy) is 1. The molecule has 0 aromatic carbocycles. The van der Waals surface area contributed by atoms with E-state index in [2.05, 4.69) is 20.4 Å². The Bertz CT molecular complexity index is 347. The molecule has 1 atom stereocenters. The maximum Gasteiger partial charge on any atom is 0.472 e. The Kier molecular flexibility index (Phi) is 6.61. The van der Waals surface area contributed by atoms with Crippen LogP contribution in [0.5, 0.6) is 0 Å². The van der Waals surface area contributed by atoms with Gasteiger partial charge in [-0.1, -0.05) is 6.58 Å². The second-order valence-corrected chi connectivity index (χ2v) is 3.90. The van der Waals surface area contributed by atoms with E-state index in [1.807, 2.05) is 0 Å². The van der Waals surface area contributed by atoms with Gasteiger partial charge >= 0.3 is 13.8 Å². The fourth-order valence-corrected chi connectivity index (χ4v) is 1.33. The number of esters is 1. The Hall–Kier alpha value is -1.19. The molecule has 0 aliphatic rings. The summed E-state index contributed by atoms with van der Waals surface area (Å²) in [6, 6.07) is 1.50. The van der Waals surface area contributed by atoms with Gasteiger partial charge in [-0.15, -0.1) is 0 Å². The van der Waals surface area contributed by atoms with Gasteiger partial charge < -0.3 is 9.63 Å². The maximum atomic E-state index is 10.9. The number of rotatable bonds is 7. The zero-order valence-corrected chi connectivity index (χ0v) is 9.61. The number of phosphoric acid groups is 1. The predicted octanol–water partition coefficient (Wildman–Crippen LogP) is 0.763. The van der Waals surface area contributed by atoms with Crippen LogP contribution >= 0.6 is 7.82 Å². The number of hydrogen-bond donors (Lipinski definition) is 1. The summed E-state index contributed by atoms with van der Waals surface area (Å²) < 4.78 is 24.3. The van der Waals surface area contributed by atoms with Crippen LogP contribution in [0.1, 0.15) is 6.92 Å². The summed E-state index contributed by atoms with van der Waals surface area (Å²) in [5.74, 6) is -0.893. The molecular weight excluding hydrogens is 237 g/mol. The minimum atomic E-state index is -4.06. The van der Waals surface area contributed by atoms with Crippen molar-refractivity contribution in [1.82, 2.24) is 0 Å². The van der Waals surface area contributed by atoms with Gasteiger partial charge in [-0.3, -0.25) is 9.05 Å². The lowest BCUT2D eigenvalue weighted by atomic mass is 10.3. The third-order valence-electron chi connectivity index (χ3n) is 1.24. The van der Waals surface area contributed by atoms with E-state index in [4.69, 9.17) is 10.2 Å². The minimum Gasteiger partial charge on any atom is -0.459 e. The van der Waals surface area contributed by atoms with Crippen LogP contribution in [0.15, 0.2) is 12.2 Å². The highest BCUT2D eigenvalue weighted by atomic mass is 31.2. The zero-order chi connectivity index (χ0) is 12.6. The van der Waals surface area contributed by atoms with Crippen molar-refractivity contribution in [3.8, 4) is 6.07 Å². The highest BCUT2D eigenvalue weighted by Gasteiger charge is 2.19. The Balaban J connectivity index is 3.78. The van der Waals surface area contributed by atoms with Crippen LogP contribution in [-0.4, -0.2) is 30.7 Å². The van der Waals surface area contributed by atoms with E-state index in [-0.39, 0.29) is 25.4 Å². The van der Waals surface area contributed by atoms with Gasteiger partial charge in [0.05, 0.1) is 13.2 Å². The molecule has 0 heterocycles. The SMILES string of the molecule is C=C(C#N)C(=O)OCCOP(=O)(O)OCC. The molecule has 0 amide bonds. The molecule has 0 aromatic heterocycles. The maximum absolute atomic E-state index is 10.9. The van der Waals surface area contributed by atoms with E-state index in [0.717, 1.165) is 0 Å². The Morgan fingerprint density at radius 2 is 2.12 bits per heavy atom. The lowest BCUT2D eigenvalue weighted by Gasteiger charge is -2.10. The Labute approximate surface area is 92.8 Å². The predicted molar refractivity (Wildman–Crippen MR) is 53.1 cm³/mol. The fraction of sp³-hybridized carbons (Fsp3) is 0.500. The Morgan fingerprint density at radius 1 is 1.50 bits per heavy atom. The van der Waals surface area contributed by atoms with Crippen molar-refractivity contribution < 1.29 is 28.0 Å². The van der Waals surface area contributed by atoms with E-state index in [1.165, 1.54) is 13.0 Å². The normalized spacial score (nSPS) is 13.6.